The average Bonchev–Trinajstić information content (AvgIpc) is 2.01. The van der Waals surface area contributed by atoms with Gasteiger partial charge in [0.1, 0.15) is 0 Å². The van der Waals surface area contributed by atoms with Crippen molar-refractivity contribution >= 4 is 0 Å². The van der Waals surface area contributed by atoms with Gasteiger partial charge in [-0.2, -0.15) is 0 Å². The smallest absolute Gasteiger partial charge is 0.00965 e. The molecular weight excluding hydrogens is 158 g/mol. The SMILES string of the molecule is CC#CCCCCCNC(C)(C)C. The summed E-state index contributed by atoms with van der Waals surface area (Å²) in [6, 6.07) is 0. The maximum absolute atomic E-state index is 3.48. The zero-order chi connectivity index (χ0) is 10.2. The van der Waals surface area contributed by atoms with Crippen molar-refractivity contribution < 1.29 is 0 Å². The molecule has 0 aromatic heterocycles. The van der Waals surface area contributed by atoms with Gasteiger partial charge in [0.25, 0.3) is 0 Å². The van der Waals surface area contributed by atoms with Crippen LogP contribution in [0.5, 0.6) is 0 Å². The van der Waals surface area contributed by atoms with Gasteiger partial charge in [-0.05, 0) is 47.1 Å². The summed E-state index contributed by atoms with van der Waals surface area (Å²) < 4.78 is 0. The summed E-state index contributed by atoms with van der Waals surface area (Å²) in [5, 5.41) is 3.48. The minimum atomic E-state index is 0.267. The Kier molecular flexibility index (Phi) is 6.72. The van der Waals surface area contributed by atoms with Gasteiger partial charge in [0.2, 0.25) is 0 Å². The molecule has 0 aromatic carbocycles. The Hall–Kier alpha value is -0.480. The molecule has 0 saturated carbocycles. The third-order valence-electron chi connectivity index (χ3n) is 1.81. The van der Waals surface area contributed by atoms with E-state index in [9.17, 15) is 0 Å². The molecular formula is C12H23N. The van der Waals surface area contributed by atoms with Crippen LogP contribution in [0.2, 0.25) is 0 Å². The predicted molar refractivity (Wildman–Crippen MR) is 59.7 cm³/mol. The molecule has 0 spiro atoms. The van der Waals surface area contributed by atoms with Crippen molar-refractivity contribution in [1.29, 1.82) is 0 Å². The Balaban J connectivity index is 3.12. The van der Waals surface area contributed by atoms with Crippen LogP contribution in [0.25, 0.3) is 0 Å². The number of hydrogen-bond acceptors (Lipinski definition) is 1. The highest BCUT2D eigenvalue weighted by Gasteiger charge is 2.06. The second-order valence-corrected chi connectivity index (χ2v) is 4.41. The lowest BCUT2D eigenvalue weighted by molar-refractivity contribution is 0.417. The molecule has 0 fully saturated rings. The standard InChI is InChI=1S/C12H23N/c1-5-6-7-8-9-10-11-13-12(2,3)4/h13H,7-11H2,1-4H3. The number of nitrogens with one attached hydrogen (secondary N) is 1. The van der Waals surface area contributed by atoms with E-state index in [-0.39, 0.29) is 5.54 Å². The normalized spacial score (nSPS) is 10.8. The molecule has 0 aliphatic heterocycles. The van der Waals surface area contributed by atoms with Crippen LogP contribution in [0.3, 0.4) is 0 Å². The van der Waals surface area contributed by atoms with Gasteiger partial charge in [-0.15, -0.1) is 11.8 Å². The molecule has 0 radical (unpaired) electrons. The largest absolute Gasteiger partial charge is 0.312 e. The van der Waals surface area contributed by atoms with E-state index in [0.717, 1.165) is 13.0 Å². The predicted octanol–water partition coefficient (Wildman–Crippen LogP) is 2.96. The van der Waals surface area contributed by atoms with Crippen LogP contribution < -0.4 is 5.32 Å². The van der Waals surface area contributed by atoms with Crippen LogP contribution in [0.4, 0.5) is 0 Å². The van der Waals surface area contributed by atoms with E-state index in [1.165, 1.54) is 19.3 Å². The molecule has 1 nitrogen and oxygen atoms in total. The van der Waals surface area contributed by atoms with E-state index < -0.39 is 0 Å². The molecule has 1 N–H and O–H groups in total. The second-order valence-electron chi connectivity index (χ2n) is 4.41. The molecule has 13 heavy (non-hydrogen) atoms. The number of hydrogen-bond donors (Lipinski definition) is 1. The second kappa shape index (κ2) is 6.97. The first kappa shape index (κ1) is 12.5. The van der Waals surface area contributed by atoms with Crippen molar-refractivity contribution in [2.24, 2.45) is 0 Å². The van der Waals surface area contributed by atoms with Gasteiger partial charge in [0, 0.05) is 12.0 Å². The highest BCUT2D eigenvalue weighted by molar-refractivity contribution is 4.94. The minimum Gasteiger partial charge on any atom is -0.312 e. The Bertz CT molecular complexity index is 166. The molecule has 0 atom stereocenters. The highest BCUT2D eigenvalue weighted by atomic mass is 14.9. The lowest BCUT2D eigenvalue weighted by atomic mass is 10.1. The Morgan fingerprint density at radius 3 is 2.31 bits per heavy atom. The molecule has 0 aliphatic rings. The van der Waals surface area contributed by atoms with Gasteiger partial charge in [-0.3, -0.25) is 0 Å². The topological polar surface area (TPSA) is 12.0 Å². The Morgan fingerprint density at radius 1 is 1.08 bits per heavy atom. The van der Waals surface area contributed by atoms with E-state index >= 15 is 0 Å². The molecule has 0 bridgehead atoms. The van der Waals surface area contributed by atoms with Crippen LogP contribution in [-0.2, 0) is 0 Å². The van der Waals surface area contributed by atoms with E-state index in [1.54, 1.807) is 0 Å². The lowest BCUT2D eigenvalue weighted by Gasteiger charge is -2.20. The molecule has 0 aromatic rings. The van der Waals surface area contributed by atoms with Crippen LogP contribution in [0.15, 0.2) is 0 Å². The summed E-state index contributed by atoms with van der Waals surface area (Å²) in [6.07, 6.45) is 4.86. The Labute approximate surface area is 83.3 Å². The van der Waals surface area contributed by atoms with Gasteiger partial charge in [0.05, 0.1) is 0 Å². The van der Waals surface area contributed by atoms with Crippen molar-refractivity contribution in [3.05, 3.63) is 0 Å². The van der Waals surface area contributed by atoms with Crippen LogP contribution in [-0.4, -0.2) is 12.1 Å². The fraction of sp³-hybridized carbons (Fsp3) is 0.833. The maximum Gasteiger partial charge on any atom is 0.00965 e. The summed E-state index contributed by atoms with van der Waals surface area (Å²) >= 11 is 0. The van der Waals surface area contributed by atoms with Gasteiger partial charge in [0.15, 0.2) is 0 Å². The summed E-state index contributed by atoms with van der Waals surface area (Å²) in [5.41, 5.74) is 0.267. The van der Waals surface area contributed by atoms with Crippen LogP contribution in [0.1, 0.15) is 53.4 Å². The quantitative estimate of drug-likeness (QED) is 0.508. The maximum atomic E-state index is 3.48. The molecule has 1 heteroatoms. The van der Waals surface area contributed by atoms with E-state index in [1.807, 2.05) is 6.92 Å². The minimum absolute atomic E-state index is 0.267. The lowest BCUT2D eigenvalue weighted by Crippen LogP contribution is -2.36. The molecule has 0 heterocycles. The van der Waals surface area contributed by atoms with E-state index in [4.69, 9.17) is 0 Å². The van der Waals surface area contributed by atoms with Crippen molar-refractivity contribution in [3.8, 4) is 11.8 Å². The first-order valence-electron chi connectivity index (χ1n) is 5.21. The van der Waals surface area contributed by atoms with Crippen LogP contribution in [0, 0.1) is 11.8 Å². The van der Waals surface area contributed by atoms with Gasteiger partial charge < -0.3 is 5.32 Å². The first-order chi connectivity index (χ1) is 6.06. The van der Waals surface area contributed by atoms with Gasteiger partial charge in [-0.1, -0.05) is 6.42 Å². The number of unbranched alkanes of at least 4 members (excludes halogenated alkanes) is 3. The van der Waals surface area contributed by atoms with Crippen LogP contribution >= 0.6 is 0 Å². The third-order valence-corrected chi connectivity index (χ3v) is 1.81. The molecule has 0 amide bonds. The summed E-state index contributed by atoms with van der Waals surface area (Å²) in [4.78, 5) is 0. The van der Waals surface area contributed by atoms with Crippen molar-refractivity contribution in [3.63, 3.8) is 0 Å². The summed E-state index contributed by atoms with van der Waals surface area (Å²) in [7, 11) is 0. The van der Waals surface area contributed by atoms with Gasteiger partial charge >= 0.3 is 0 Å². The van der Waals surface area contributed by atoms with Crippen molar-refractivity contribution in [1.82, 2.24) is 5.32 Å². The summed E-state index contributed by atoms with van der Waals surface area (Å²) in [5.74, 6) is 6.00. The highest BCUT2D eigenvalue weighted by Crippen LogP contribution is 2.01. The molecule has 76 valence electrons. The monoisotopic (exact) mass is 181 g/mol. The van der Waals surface area contributed by atoms with E-state index in [0.29, 0.717) is 0 Å². The number of rotatable bonds is 5. The van der Waals surface area contributed by atoms with Crippen molar-refractivity contribution in [2.75, 3.05) is 6.54 Å². The van der Waals surface area contributed by atoms with Crippen molar-refractivity contribution in [2.45, 2.75) is 58.9 Å². The fourth-order valence-electron chi connectivity index (χ4n) is 1.10. The average molecular weight is 181 g/mol. The van der Waals surface area contributed by atoms with Gasteiger partial charge in [-0.25, -0.2) is 0 Å². The zero-order valence-electron chi connectivity index (χ0n) is 9.54. The Morgan fingerprint density at radius 2 is 1.77 bits per heavy atom. The summed E-state index contributed by atoms with van der Waals surface area (Å²) in [6.45, 7) is 9.64. The zero-order valence-corrected chi connectivity index (χ0v) is 9.54. The molecule has 0 aliphatic carbocycles. The molecule has 0 rings (SSSR count). The molecule has 0 unspecified atom stereocenters. The van der Waals surface area contributed by atoms with E-state index in [2.05, 4.69) is 37.9 Å². The first-order valence-corrected chi connectivity index (χ1v) is 5.21. The fourth-order valence-corrected chi connectivity index (χ4v) is 1.10. The third kappa shape index (κ3) is 11.5. The molecule has 0 saturated heterocycles.